The Morgan fingerprint density at radius 3 is 2.77 bits per heavy atom. The third kappa shape index (κ3) is 3.46. The quantitative estimate of drug-likeness (QED) is 0.341. The third-order valence-corrected chi connectivity index (χ3v) is 5.90. The molecule has 2 aromatic heterocycles. The van der Waals surface area contributed by atoms with E-state index in [1.165, 1.54) is 23.9 Å². The smallest absolute Gasteiger partial charge is 0.266 e. The van der Waals surface area contributed by atoms with E-state index in [-0.39, 0.29) is 16.2 Å². The lowest BCUT2D eigenvalue weighted by Crippen LogP contribution is -2.23. The van der Waals surface area contributed by atoms with Crippen molar-refractivity contribution >= 4 is 34.3 Å². The van der Waals surface area contributed by atoms with Crippen LogP contribution >= 0.6 is 23.4 Å². The molecule has 0 amide bonds. The Balaban J connectivity index is 1.64. The minimum absolute atomic E-state index is 0.0972. The number of nitrogens with zero attached hydrogens (tertiary/aromatic N) is 6. The molecule has 0 N–H and O–H groups in total. The van der Waals surface area contributed by atoms with Gasteiger partial charge in [-0.3, -0.25) is 9.36 Å². The third-order valence-electron chi connectivity index (χ3n) is 4.73. The summed E-state index contributed by atoms with van der Waals surface area (Å²) in [7, 11) is 0. The van der Waals surface area contributed by atoms with Crippen molar-refractivity contribution in [2.24, 2.45) is 0 Å². The van der Waals surface area contributed by atoms with Crippen LogP contribution in [-0.2, 0) is 5.75 Å². The van der Waals surface area contributed by atoms with Crippen molar-refractivity contribution in [2.75, 3.05) is 0 Å². The highest BCUT2D eigenvalue weighted by Gasteiger charge is 2.28. The molecular formula is C19H13ClF2N6OS. The topological polar surface area (TPSA) is 78.5 Å². The summed E-state index contributed by atoms with van der Waals surface area (Å²) in [6, 6.07) is 8.05. The molecule has 2 aromatic carbocycles. The summed E-state index contributed by atoms with van der Waals surface area (Å²) in [5.41, 5.74) is -0.176. The van der Waals surface area contributed by atoms with E-state index in [9.17, 15) is 13.6 Å². The second-order valence-corrected chi connectivity index (χ2v) is 8.23. The van der Waals surface area contributed by atoms with Crippen LogP contribution in [0.4, 0.5) is 8.78 Å². The zero-order valence-electron chi connectivity index (χ0n) is 15.3. The number of rotatable bonds is 5. The Kier molecular flexibility index (Phi) is 4.75. The highest BCUT2D eigenvalue weighted by atomic mass is 35.5. The fourth-order valence-electron chi connectivity index (χ4n) is 3.15. The Bertz CT molecular complexity index is 1340. The van der Waals surface area contributed by atoms with E-state index in [4.69, 9.17) is 11.6 Å². The van der Waals surface area contributed by atoms with Gasteiger partial charge in [-0.1, -0.05) is 23.4 Å². The van der Waals surface area contributed by atoms with Gasteiger partial charge in [0.25, 0.3) is 5.56 Å². The molecule has 152 valence electrons. The number of hydrogen-bond acceptors (Lipinski definition) is 6. The molecule has 4 aromatic rings. The van der Waals surface area contributed by atoms with Gasteiger partial charge in [0.1, 0.15) is 11.6 Å². The summed E-state index contributed by atoms with van der Waals surface area (Å²) in [6.07, 6.45) is 2.03. The van der Waals surface area contributed by atoms with E-state index in [0.717, 1.165) is 29.5 Å². The zero-order chi connectivity index (χ0) is 20.8. The number of fused-ring (bicyclic) bond motifs is 1. The number of benzene rings is 2. The standard InChI is InChI=1S/C19H13ClF2N6OS/c20-10-1-5-15-13(7-10)18(29)27(16-6-2-11(21)8-14(16)22)19(23-15)30-9-17-24-25-26-28(17)12-3-4-12/h1-2,5-8,12H,3-4,9H2. The molecule has 7 nitrogen and oxygen atoms in total. The number of thioether (sulfide) groups is 1. The van der Waals surface area contributed by atoms with Crippen LogP contribution in [0.5, 0.6) is 0 Å². The van der Waals surface area contributed by atoms with Crippen LogP contribution in [0.1, 0.15) is 24.7 Å². The van der Waals surface area contributed by atoms with Crippen LogP contribution in [0.3, 0.4) is 0 Å². The van der Waals surface area contributed by atoms with Gasteiger partial charge in [-0.05, 0) is 53.6 Å². The molecule has 0 saturated heterocycles. The van der Waals surface area contributed by atoms with Crippen LogP contribution in [0.25, 0.3) is 16.6 Å². The first-order chi connectivity index (χ1) is 14.5. The molecule has 0 unspecified atom stereocenters. The second-order valence-electron chi connectivity index (χ2n) is 6.85. The Hall–Kier alpha value is -2.85. The molecule has 1 saturated carbocycles. The minimum atomic E-state index is -0.870. The number of hydrogen-bond donors (Lipinski definition) is 0. The molecule has 0 aliphatic heterocycles. The Labute approximate surface area is 177 Å². The van der Waals surface area contributed by atoms with Gasteiger partial charge in [-0.15, -0.1) is 5.10 Å². The Morgan fingerprint density at radius 2 is 2.00 bits per heavy atom. The molecule has 1 aliphatic rings. The maximum Gasteiger partial charge on any atom is 0.266 e. The van der Waals surface area contributed by atoms with E-state index in [1.54, 1.807) is 16.8 Å². The first-order valence-corrected chi connectivity index (χ1v) is 10.4. The molecular weight excluding hydrogens is 434 g/mol. The van der Waals surface area contributed by atoms with Gasteiger partial charge in [0.05, 0.1) is 28.4 Å². The van der Waals surface area contributed by atoms with Crippen molar-refractivity contribution < 1.29 is 8.78 Å². The number of halogens is 3. The van der Waals surface area contributed by atoms with Crippen molar-refractivity contribution in [3.05, 3.63) is 69.2 Å². The monoisotopic (exact) mass is 446 g/mol. The summed E-state index contributed by atoms with van der Waals surface area (Å²) in [6.45, 7) is 0. The zero-order valence-corrected chi connectivity index (χ0v) is 16.9. The van der Waals surface area contributed by atoms with Crippen LogP contribution in [0.15, 0.2) is 46.3 Å². The number of aromatic nitrogens is 6. The molecule has 0 radical (unpaired) electrons. The molecule has 0 spiro atoms. The summed E-state index contributed by atoms with van der Waals surface area (Å²) in [4.78, 5) is 17.8. The van der Waals surface area contributed by atoms with Gasteiger partial charge in [0.15, 0.2) is 11.0 Å². The molecule has 2 heterocycles. The Morgan fingerprint density at radius 1 is 1.17 bits per heavy atom. The predicted molar refractivity (Wildman–Crippen MR) is 108 cm³/mol. The average Bonchev–Trinajstić information content (AvgIpc) is 3.46. The molecule has 1 fully saturated rings. The lowest BCUT2D eigenvalue weighted by atomic mass is 10.2. The van der Waals surface area contributed by atoms with Crippen molar-refractivity contribution in [1.29, 1.82) is 0 Å². The number of tetrazole rings is 1. The van der Waals surface area contributed by atoms with Crippen molar-refractivity contribution in [3.63, 3.8) is 0 Å². The molecule has 5 rings (SSSR count). The normalized spacial score (nSPS) is 13.8. The fourth-order valence-corrected chi connectivity index (χ4v) is 4.24. The van der Waals surface area contributed by atoms with Crippen LogP contribution in [0, 0.1) is 11.6 Å². The van der Waals surface area contributed by atoms with E-state index < -0.39 is 17.2 Å². The van der Waals surface area contributed by atoms with Gasteiger partial charge < -0.3 is 0 Å². The minimum Gasteiger partial charge on any atom is -0.268 e. The van der Waals surface area contributed by atoms with Gasteiger partial charge in [0.2, 0.25) is 0 Å². The molecule has 0 atom stereocenters. The maximum atomic E-state index is 14.6. The van der Waals surface area contributed by atoms with E-state index in [0.29, 0.717) is 28.2 Å². The van der Waals surface area contributed by atoms with Crippen LogP contribution in [0.2, 0.25) is 5.02 Å². The van der Waals surface area contributed by atoms with Crippen LogP contribution in [-0.4, -0.2) is 29.8 Å². The van der Waals surface area contributed by atoms with Crippen molar-refractivity contribution in [2.45, 2.75) is 29.8 Å². The first kappa shape index (κ1) is 19.1. The highest BCUT2D eigenvalue weighted by molar-refractivity contribution is 7.98. The predicted octanol–water partition coefficient (Wildman–Crippen LogP) is 3.93. The molecule has 1 aliphatic carbocycles. The van der Waals surface area contributed by atoms with Crippen LogP contribution < -0.4 is 5.56 Å². The fraction of sp³-hybridized carbons (Fsp3) is 0.211. The lowest BCUT2D eigenvalue weighted by Gasteiger charge is -2.14. The molecule has 30 heavy (non-hydrogen) atoms. The highest BCUT2D eigenvalue weighted by Crippen LogP contribution is 2.35. The largest absolute Gasteiger partial charge is 0.268 e. The summed E-state index contributed by atoms with van der Waals surface area (Å²) in [5.74, 6) is -0.638. The summed E-state index contributed by atoms with van der Waals surface area (Å²) < 4.78 is 30.9. The lowest BCUT2D eigenvalue weighted by molar-refractivity contribution is 0.572. The van der Waals surface area contributed by atoms with Crippen molar-refractivity contribution in [3.8, 4) is 5.69 Å². The van der Waals surface area contributed by atoms with Gasteiger partial charge >= 0.3 is 0 Å². The van der Waals surface area contributed by atoms with E-state index >= 15 is 0 Å². The van der Waals surface area contributed by atoms with Gasteiger partial charge in [-0.25, -0.2) is 18.4 Å². The first-order valence-electron chi connectivity index (χ1n) is 9.08. The maximum absolute atomic E-state index is 14.6. The second kappa shape index (κ2) is 7.44. The SMILES string of the molecule is O=c1c2cc(Cl)ccc2nc(SCc2nnnn2C2CC2)n1-c1ccc(F)cc1F. The summed E-state index contributed by atoms with van der Waals surface area (Å²) >= 11 is 7.23. The molecule has 0 bridgehead atoms. The summed E-state index contributed by atoms with van der Waals surface area (Å²) in [5, 5.41) is 12.6. The van der Waals surface area contributed by atoms with Gasteiger partial charge in [0, 0.05) is 11.1 Å². The van der Waals surface area contributed by atoms with E-state index in [1.807, 2.05) is 0 Å². The van der Waals surface area contributed by atoms with Crippen molar-refractivity contribution in [1.82, 2.24) is 29.8 Å². The van der Waals surface area contributed by atoms with Gasteiger partial charge in [-0.2, -0.15) is 0 Å². The average molecular weight is 447 g/mol. The molecule has 11 heteroatoms. The van der Waals surface area contributed by atoms with E-state index in [2.05, 4.69) is 20.5 Å².